The molecule has 0 bridgehead atoms. The highest BCUT2D eigenvalue weighted by molar-refractivity contribution is 6.34. The fourth-order valence-corrected chi connectivity index (χ4v) is 3.09. The van der Waals surface area contributed by atoms with Crippen LogP contribution >= 0.6 is 11.6 Å². The quantitative estimate of drug-likeness (QED) is 0.683. The van der Waals surface area contributed by atoms with Gasteiger partial charge in [-0.1, -0.05) is 11.6 Å². The molecule has 0 radical (unpaired) electrons. The largest absolute Gasteiger partial charge is 0.345 e. The fraction of sp³-hybridized carbons (Fsp3) is 0.200. The van der Waals surface area contributed by atoms with Crippen molar-refractivity contribution in [3.05, 3.63) is 73.4 Å². The molecule has 1 aromatic heterocycles. The summed E-state index contributed by atoms with van der Waals surface area (Å²) in [6.45, 7) is 1.95. The molecule has 0 aliphatic carbocycles. The number of carbonyl (C=O) groups excluding carboxylic acids is 2. The van der Waals surface area contributed by atoms with E-state index >= 15 is 0 Å². The van der Waals surface area contributed by atoms with Crippen molar-refractivity contribution in [1.82, 2.24) is 14.5 Å². The summed E-state index contributed by atoms with van der Waals surface area (Å²) in [5, 5.41) is 3.28. The van der Waals surface area contributed by atoms with Gasteiger partial charge in [0.25, 0.3) is 17.4 Å². The molecule has 3 aromatic rings. The molecule has 2 aromatic carbocycles. The molecule has 0 aliphatic heterocycles. The smallest absolute Gasteiger partial charge is 0.328 e. The highest BCUT2D eigenvalue weighted by atomic mass is 35.5. The number of amides is 2. The minimum Gasteiger partial charge on any atom is -0.345 e. The molecule has 0 saturated heterocycles. The van der Waals surface area contributed by atoms with E-state index in [2.05, 4.69) is 10.3 Å². The van der Waals surface area contributed by atoms with Gasteiger partial charge in [-0.05, 0) is 43.3 Å². The molecule has 0 fully saturated rings. The number of rotatable bonds is 4. The molecule has 3 rings (SSSR count). The zero-order chi connectivity index (χ0) is 21.3. The van der Waals surface area contributed by atoms with Gasteiger partial charge in [0.1, 0.15) is 0 Å². The van der Waals surface area contributed by atoms with E-state index in [4.69, 9.17) is 11.6 Å². The van der Waals surface area contributed by atoms with Gasteiger partial charge in [-0.25, -0.2) is 4.79 Å². The fourth-order valence-electron chi connectivity index (χ4n) is 2.89. The van der Waals surface area contributed by atoms with Crippen molar-refractivity contribution in [2.24, 2.45) is 0 Å². The number of hydrogen-bond acceptors (Lipinski definition) is 4. The normalized spacial score (nSPS) is 10.8. The first-order valence-corrected chi connectivity index (χ1v) is 9.20. The molecule has 0 spiro atoms. The second-order valence-electron chi connectivity index (χ2n) is 6.59. The molecular weight excluding hydrogens is 396 g/mol. The van der Waals surface area contributed by atoms with Crippen LogP contribution in [0, 0.1) is 0 Å². The lowest BCUT2D eigenvalue weighted by Gasteiger charge is -2.13. The lowest BCUT2D eigenvalue weighted by Crippen LogP contribution is -2.34. The summed E-state index contributed by atoms with van der Waals surface area (Å²) in [7, 11) is 3.21. The molecule has 9 heteroatoms. The predicted octanol–water partition coefficient (Wildman–Crippen LogP) is 2.32. The topological polar surface area (TPSA) is 104 Å². The summed E-state index contributed by atoms with van der Waals surface area (Å²) in [4.78, 5) is 53.2. The number of aromatic nitrogens is 2. The molecule has 8 nitrogen and oxygen atoms in total. The number of halogens is 1. The first kappa shape index (κ1) is 20.3. The van der Waals surface area contributed by atoms with Crippen LogP contribution in [0.4, 0.5) is 5.69 Å². The SMILES string of the molecule is CCn1c(=O)[nH]c2cc(C(=O)Nc3ccc(Cl)c(C(=O)N(C)C)c3)ccc2c1=O. The van der Waals surface area contributed by atoms with Crippen molar-refractivity contribution in [2.45, 2.75) is 13.5 Å². The van der Waals surface area contributed by atoms with E-state index in [1.165, 1.54) is 35.2 Å². The Kier molecular flexibility index (Phi) is 5.56. The van der Waals surface area contributed by atoms with Gasteiger partial charge in [-0.2, -0.15) is 0 Å². The van der Waals surface area contributed by atoms with Crippen molar-refractivity contribution in [1.29, 1.82) is 0 Å². The second kappa shape index (κ2) is 7.92. The number of carbonyl (C=O) groups is 2. The minimum atomic E-state index is -0.535. The number of benzene rings is 2. The van der Waals surface area contributed by atoms with Gasteiger partial charge >= 0.3 is 5.69 Å². The lowest BCUT2D eigenvalue weighted by atomic mass is 10.1. The van der Waals surface area contributed by atoms with E-state index in [1.807, 2.05) is 0 Å². The van der Waals surface area contributed by atoms with Crippen LogP contribution in [0.2, 0.25) is 5.02 Å². The standard InChI is InChI=1S/C20H19ClN4O4/c1-4-25-19(28)13-7-5-11(9-16(13)23-20(25)29)17(26)22-12-6-8-15(21)14(10-12)18(27)24(2)3/h5-10H,4H2,1-3H3,(H,22,26)(H,23,29). The molecule has 0 unspecified atom stereocenters. The number of aromatic amines is 1. The lowest BCUT2D eigenvalue weighted by molar-refractivity contribution is 0.0827. The van der Waals surface area contributed by atoms with E-state index in [1.54, 1.807) is 27.1 Å². The van der Waals surface area contributed by atoms with Crippen molar-refractivity contribution in [3.63, 3.8) is 0 Å². The molecular formula is C20H19ClN4O4. The number of hydrogen-bond donors (Lipinski definition) is 2. The number of fused-ring (bicyclic) bond motifs is 1. The van der Waals surface area contributed by atoms with Crippen molar-refractivity contribution < 1.29 is 9.59 Å². The minimum absolute atomic E-state index is 0.247. The molecule has 0 atom stereocenters. The zero-order valence-corrected chi connectivity index (χ0v) is 16.8. The third kappa shape index (κ3) is 3.93. The Morgan fingerprint density at radius 3 is 2.52 bits per heavy atom. The summed E-state index contributed by atoms with van der Waals surface area (Å²) < 4.78 is 1.08. The first-order valence-electron chi connectivity index (χ1n) is 8.82. The van der Waals surface area contributed by atoms with E-state index in [0.717, 1.165) is 4.57 Å². The van der Waals surface area contributed by atoms with Crippen molar-refractivity contribution in [3.8, 4) is 0 Å². The Bertz CT molecular complexity index is 1240. The molecule has 2 amide bonds. The van der Waals surface area contributed by atoms with E-state index < -0.39 is 17.2 Å². The first-order chi connectivity index (χ1) is 13.7. The van der Waals surface area contributed by atoms with Gasteiger partial charge in [-0.15, -0.1) is 0 Å². The van der Waals surface area contributed by atoms with Gasteiger partial charge in [0, 0.05) is 31.9 Å². The van der Waals surface area contributed by atoms with Gasteiger partial charge < -0.3 is 15.2 Å². The number of nitrogens with zero attached hydrogens (tertiary/aromatic N) is 2. The van der Waals surface area contributed by atoms with Crippen LogP contribution in [0.3, 0.4) is 0 Å². The predicted molar refractivity (Wildman–Crippen MR) is 112 cm³/mol. The molecule has 150 valence electrons. The summed E-state index contributed by atoms with van der Waals surface area (Å²) in [5.41, 5.74) is 0.223. The third-order valence-corrected chi connectivity index (χ3v) is 4.75. The maximum atomic E-state index is 12.6. The molecule has 1 heterocycles. The highest BCUT2D eigenvalue weighted by Gasteiger charge is 2.15. The second-order valence-corrected chi connectivity index (χ2v) is 7.00. The Morgan fingerprint density at radius 2 is 1.86 bits per heavy atom. The van der Waals surface area contributed by atoms with Gasteiger partial charge in [0.05, 0.1) is 21.5 Å². The summed E-state index contributed by atoms with van der Waals surface area (Å²) in [6, 6.07) is 9.03. The Balaban J connectivity index is 1.95. The number of H-pyrrole nitrogens is 1. The van der Waals surface area contributed by atoms with Crippen molar-refractivity contribution in [2.75, 3.05) is 19.4 Å². The van der Waals surface area contributed by atoms with Crippen LogP contribution in [-0.2, 0) is 6.54 Å². The molecule has 2 N–H and O–H groups in total. The maximum Gasteiger partial charge on any atom is 0.328 e. The maximum absolute atomic E-state index is 12.6. The van der Waals surface area contributed by atoms with Crippen LogP contribution in [0.15, 0.2) is 46.0 Å². The Morgan fingerprint density at radius 1 is 1.14 bits per heavy atom. The monoisotopic (exact) mass is 414 g/mol. The van der Waals surface area contributed by atoms with Crippen LogP contribution < -0.4 is 16.6 Å². The van der Waals surface area contributed by atoms with Crippen LogP contribution in [0.1, 0.15) is 27.6 Å². The molecule has 0 saturated carbocycles. The number of nitrogens with one attached hydrogen (secondary N) is 2. The average molecular weight is 415 g/mol. The summed E-state index contributed by atoms with van der Waals surface area (Å²) >= 11 is 6.08. The Hall–Kier alpha value is -3.39. The third-order valence-electron chi connectivity index (χ3n) is 4.42. The van der Waals surface area contributed by atoms with E-state index in [-0.39, 0.29) is 34.1 Å². The van der Waals surface area contributed by atoms with Crippen LogP contribution in [0.25, 0.3) is 10.9 Å². The van der Waals surface area contributed by atoms with Crippen LogP contribution in [0.5, 0.6) is 0 Å². The van der Waals surface area contributed by atoms with Gasteiger partial charge in [0.15, 0.2) is 0 Å². The number of anilines is 1. The van der Waals surface area contributed by atoms with Crippen molar-refractivity contribution >= 4 is 40.0 Å². The molecule has 29 heavy (non-hydrogen) atoms. The van der Waals surface area contributed by atoms with Crippen LogP contribution in [-0.4, -0.2) is 40.4 Å². The average Bonchev–Trinajstić information content (AvgIpc) is 2.68. The van der Waals surface area contributed by atoms with Gasteiger partial charge in [-0.3, -0.25) is 19.0 Å². The highest BCUT2D eigenvalue weighted by Crippen LogP contribution is 2.22. The van der Waals surface area contributed by atoms with E-state index in [9.17, 15) is 19.2 Å². The molecule has 0 aliphatic rings. The summed E-state index contributed by atoms with van der Waals surface area (Å²) in [5.74, 6) is -0.750. The Labute approximate surface area is 170 Å². The van der Waals surface area contributed by atoms with Gasteiger partial charge in [0.2, 0.25) is 0 Å². The zero-order valence-electron chi connectivity index (χ0n) is 16.1. The summed E-state index contributed by atoms with van der Waals surface area (Å²) in [6.07, 6.45) is 0. The van der Waals surface area contributed by atoms with E-state index in [0.29, 0.717) is 11.1 Å².